The number of pyridine rings is 1. The fraction of sp³-hybridized carbons (Fsp3) is 0.143. The van der Waals surface area contributed by atoms with Crippen molar-refractivity contribution >= 4 is 17.6 Å². The Morgan fingerprint density at radius 2 is 1.91 bits per heavy atom. The minimum atomic E-state index is -4.77. The molecule has 0 spiro atoms. The molecule has 0 radical (unpaired) electrons. The molecule has 1 aromatic carbocycles. The number of aliphatic carboxylic acids is 1. The molecule has 116 valence electrons. The van der Waals surface area contributed by atoms with Crippen molar-refractivity contribution in [3.05, 3.63) is 47.1 Å². The molecule has 0 aliphatic rings. The van der Waals surface area contributed by atoms with Crippen LogP contribution in [0.4, 0.5) is 13.2 Å². The molecule has 0 aliphatic heterocycles. The summed E-state index contributed by atoms with van der Waals surface area (Å²) in [4.78, 5) is 14.9. The normalized spacial score (nSPS) is 11.3. The number of carbonyl (C=O) groups is 1. The number of rotatable bonds is 4. The van der Waals surface area contributed by atoms with Gasteiger partial charge in [0.2, 0.25) is 0 Å². The molecule has 8 heteroatoms. The minimum Gasteiger partial charge on any atom is -0.481 e. The van der Waals surface area contributed by atoms with Gasteiger partial charge in [-0.2, -0.15) is 0 Å². The van der Waals surface area contributed by atoms with Gasteiger partial charge in [-0.05, 0) is 35.9 Å². The molecule has 1 heterocycles. The summed E-state index contributed by atoms with van der Waals surface area (Å²) in [6, 6.07) is 6.44. The third kappa shape index (κ3) is 4.36. The van der Waals surface area contributed by atoms with Gasteiger partial charge in [-0.1, -0.05) is 11.6 Å². The van der Waals surface area contributed by atoms with E-state index in [-0.39, 0.29) is 17.2 Å². The van der Waals surface area contributed by atoms with Crippen molar-refractivity contribution in [1.29, 1.82) is 0 Å². The van der Waals surface area contributed by atoms with E-state index in [1.807, 2.05) is 0 Å². The summed E-state index contributed by atoms with van der Waals surface area (Å²) < 4.78 is 40.1. The summed E-state index contributed by atoms with van der Waals surface area (Å²) in [5.41, 5.74) is 1.16. The van der Waals surface area contributed by atoms with Gasteiger partial charge in [0.05, 0.1) is 17.1 Å². The predicted octanol–water partition coefficient (Wildman–Crippen LogP) is 3.93. The Bertz CT molecular complexity index is 687. The van der Waals surface area contributed by atoms with Crippen LogP contribution in [0.2, 0.25) is 5.02 Å². The Hall–Kier alpha value is -2.28. The van der Waals surface area contributed by atoms with E-state index in [1.165, 1.54) is 24.4 Å². The van der Waals surface area contributed by atoms with Gasteiger partial charge in [0.1, 0.15) is 5.75 Å². The number of carboxylic acids is 1. The summed E-state index contributed by atoms with van der Waals surface area (Å²) in [6.07, 6.45) is -3.74. The van der Waals surface area contributed by atoms with Crippen LogP contribution in [0.3, 0.4) is 0 Å². The Morgan fingerprint density at radius 3 is 2.45 bits per heavy atom. The summed E-state index contributed by atoms with van der Waals surface area (Å²) in [7, 11) is 0. The largest absolute Gasteiger partial charge is 0.573 e. The zero-order chi connectivity index (χ0) is 16.3. The van der Waals surface area contributed by atoms with E-state index in [9.17, 15) is 18.0 Å². The van der Waals surface area contributed by atoms with Crippen molar-refractivity contribution in [3.8, 4) is 17.0 Å². The second kappa shape index (κ2) is 6.23. The van der Waals surface area contributed by atoms with Crippen LogP contribution in [-0.4, -0.2) is 22.4 Å². The molecule has 2 rings (SSSR count). The number of alkyl halides is 3. The van der Waals surface area contributed by atoms with Crippen molar-refractivity contribution in [2.75, 3.05) is 0 Å². The van der Waals surface area contributed by atoms with Crippen LogP contribution in [0, 0.1) is 0 Å². The highest BCUT2D eigenvalue weighted by atomic mass is 35.5. The van der Waals surface area contributed by atoms with E-state index in [2.05, 4.69) is 9.72 Å². The molecule has 1 N–H and O–H groups in total. The molecule has 0 aliphatic carbocycles. The average Bonchev–Trinajstić information content (AvgIpc) is 2.37. The van der Waals surface area contributed by atoms with E-state index in [4.69, 9.17) is 16.7 Å². The van der Waals surface area contributed by atoms with Crippen LogP contribution in [0.25, 0.3) is 11.3 Å². The lowest BCUT2D eigenvalue weighted by atomic mass is 10.0. The smallest absolute Gasteiger partial charge is 0.481 e. The topological polar surface area (TPSA) is 59.4 Å². The standard InChI is InChI=1S/C14H9ClF3NO3/c15-10-5-9(6-12(20)21)13(19-7-10)8-1-3-11(4-2-8)22-14(16,17)18/h1-5,7H,6H2,(H,20,21). The SMILES string of the molecule is O=C(O)Cc1cc(Cl)cnc1-c1ccc(OC(F)(F)F)cc1. The van der Waals surface area contributed by atoms with Gasteiger partial charge in [-0.15, -0.1) is 13.2 Å². The molecule has 4 nitrogen and oxygen atoms in total. The lowest BCUT2D eigenvalue weighted by Crippen LogP contribution is -2.16. The molecule has 2 aromatic rings. The lowest BCUT2D eigenvalue weighted by molar-refractivity contribution is -0.274. The Morgan fingerprint density at radius 1 is 1.27 bits per heavy atom. The van der Waals surface area contributed by atoms with Crippen LogP contribution in [0.15, 0.2) is 36.5 Å². The number of halogens is 4. The van der Waals surface area contributed by atoms with E-state index < -0.39 is 12.3 Å². The monoisotopic (exact) mass is 331 g/mol. The Balaban J connectivity index is 2.33. The van der Waals surface area contributed by atoms with E-state index >= 15 is 0 Å². The molecule has 0 atom stereocenters. The summed E-state index contributed by atoms with van der Waals surface area (Å²) in [5, 5.41) is 9.16. The number of carboxylic acid groups (broad SMARTS) is 1. The van der Waals surface area contributed by atoms with Crippen LogP contribution < -0.4 is 4.74 Å². The van der Waals surface area contributed by atoms with Gasteiger partial charge in [0.25, 0.3) is 0 Å². The molecule has 22 heavy (non-hydrogen) atoms. The molecule has 0 unspecified atom stereocenters. The van der Waals surface area contributed by atoms with Crippen LogP contribution in [0.5, 0.6) is 5.75 Å². The van der Waals surface area contributed by atoms with Crippen LogP contribution in [0.1, 0.15) is 5.56 Å². The van der Waals surface area contributed by atoms with E-state index in [0.29, 0.717) is 16.8 Å². The van der Waals surface area contributed by atoms with Gasteiger partial charge >= 0.3 is 12.3 Å². The summed E-state index contributed by atoms with van der Waals surface area (Å²) >= 11 is 5.79. The van der Waals surface area contributed by atoms with Gasteiger partial charge in [-0.25, -0.2) is 0 Å². The Kier molecular flexibility index (Phi) is 4.56. The van der Waals surface area contributed by atoms with Crippen molar-refractivity contribution in [2.45, 2.75) is 12.8 Å². The zero-order valence-corrected chi connectivity index (χ0v) is 11.6. The third-order valence-electron chi connectivity index (χ3n) is 2.64. The van der Waals surface area contributed by atoms with Crippen LogP contribution in [-0.2, 0) is 11.2 Å². The van der Waals surface area contributed by atoms with Gasteiger partial charge in [-0.3, -0.25) is 9.78 Å². The first-order valence-electron chi connectivity index (χ1n) is 5.97. The molecule has 1 aromatic heterocycles. The van der Waals surface area contributed by atoms with E-state index in [0.717, 1.165) is 12.1 Å². The molecule has 0 fully saturated rings. The summed E-state index contributed by atoms with van der Waals surface area (Å²) in [6.45, 7) is 0. The van der Waals surface area contributed by atoms with Crippen molar-refractivity contribution in [1.82, 2.24) is 4.98 Å². The number of benzene rings is 1. The van der Waals surface area contributed by atoms with Crippen molar-refractivity contribution < 1.29 is 27.8 Å². The van der Waals surface area contributed by atoms with Gasteiger partial charge in [0, 0.05) is 11.8 Å². The highest BCUT2D eigenvalue weighted by Gasteiger charge is 2.31. The van der Waals surface area contributed by atoms with Gasteiger partial charge in [0.15, 0.2) is 0 Å². The van der Waals surface area contributed by atoms with E-state index in [1.54, 1.807) is 0 Å². The second-order valence-electron chi connectivity index (χ2n) is 4.30. The lowest BCUT2D eigenvalue weighted by Gasteiger charge is -2.11. The zero-order valence-electron chi connectivity index (χ0n) is 10.9. The fourth-order valence-corrected chi connectivity index (χ4v) is 2.03. The fourth-order valence-electron chi connectivity index (χ4n) is 1.85. The average molecular weight is 332 g/mol. The van der Waals surface area contributed by atoms with Gasteiger partial charge < -0.3 is 9.84 Å². The molecule has 0 saturated carbocycles. The number of hydrogen-bond donors (Lipinski definition) is 1. The Labute approximate surface area is 128 Å². The maximum absolute atomic E-state index is 12.1. The first kappa shape index (κ1) is 16.1. The second-order valence-corrected chi connectivity index (χ2v) is 4.74. The number of ether oxygens (including phenoxy) is 1. The van der Waals surface area contributed by atoms with Crippen molar-refractivity contribution in [2.24, 2.45) is 0 Å². The molecular formula is C14H9ClF3NO3. The molecule has 0 saturated heterocycles. The first-order chi connectivity index (χ1) is 10.2. The maximum Gasteiger partial charge on any atom is 0.573 e. The predicted molar refractivity (Wildman–Crippen MR) is 72.7 cm³/mol. The maximum atomic E-state index is 12.1. The number of nitrogens with zero attached hydrogens (tertiary/aromatic N) is 1. The molecule has 0 bridgehead atoms. The summed E-state index contributed by atoms with van der Waals surface area (Å²) in [5.74, 6) is -1.44. The highest BCUT2D eigenvalue weighted by molar-refractivity contribution is 6.30. The minimum absolute atomic E-state index is 0.275. The number of hydrogen-bond acceptors (Lipinski definition) is 3. The molecule has 0 amide bonds. The van der Waals surface area contributed by atoms with Crippen molar-refractivity contribution in [3.63, 3.8) is 0 Å². The highest BCUT2D eigenvalue weighted by Crippen LogP contribution is 2.28. The number of aromatic nitrogens is 1. The molecular weight excluding hydrogens is 323 g/mol. The van der Waals surface area contributed by atoms with Crippen LogP contribution >= 0.6 is 11.6 Å². The first-order valence-corrected chi connectivity index (χ1v) is 6.35. The quantitative estimate of drug-likeness (QED) is 0.922. The third-order valence-corrected chi connectivity index (χ3v) is 2.84.